The molecule has 0 unspecified atom stereocenters. The number of ether oxygens (including phenoxy) is 3. The number of fused-ring (bicyclic) bond motifs is 2. The summed E-state index contributed by atoms with van der Waals surface area (Å²) in [5.74, 6) is -7.18. The molecule has 1 aliphatic heterocycles. The lowest BCUT2D eigenvalue weighted by molar-refractivity contribution is -0.187. The summed E-state index contributed by atoms with van der Waals surface area (Å²) in [7, 11) is 0. The molecular weight excluding hydrogens is 534 g/mol. The van der Waals surface area contributed by atoms with Crippen LogP contribution in [0.25, 0.3) is 11.1 Å². The molecule has 0 radical (unpaired) electrons. The summed E-state index contributed by atoms with van der Waals surface area (Å²) >= 11 is 0. The Morgan fingerprint density at radius 2 is 1.52 bits per heavy atom. The first kappa shape index (κ1) is 27.4. The van der Waals surface area contributed by atoms with E-state index in [-0.39, 0.29) is 41.2 Å². The van der Waals surface area contributed by atoms with Crippen molar-refractivity contribution in [1.29, 1.82) is 0 Å². The Morgan fingerprint density at radius 3 is 2.20 bits per heavy atom. The Bertz CT molecular complexity index is 1570. The fourth-order valence-corrected chi connectivity index (χ4v) is 4.65. The monoisotopic (exact) mass is 558 g/mol. The molecule has 1 aliphatic rings. The lowest BCUT2D eigenvalue weighted by Crippen LogP contribution is -2.25. The minimum absolute atomic E-state index is 0.126. The van der Waals surface area contributed by atoms with Crippen molar-refractivity contribution < 1.29 is 40.6 Å². The molecule has 0 saturated heterocycles. The number of alkyl halides is 2. The maximum atomic E-state index is 15.5. The molecule has 40 heavy (non-hydrogen) atoms. The molecule has 0 spiro atoms. The van der Waals surface area contributed by atoms with E-state index in [0.717, 1.165) is 30.5 Å². The smallest absolute Gasteiger partial charge is 0.429 e. The van der Waals surface area contributed by atoms with Crippen molar-refractivity contribution in [2.75, 3.05) is 6.61 Å². The highest BCUT2D eigenvalue weighted by Crippen LogP contribution is 2.46. The van der Waals surface area contributed by atoms with Crippen molar-refractivity contribution in [3.63, 3.8) is 0 Å². The van der Waals surface area contributed by atoms with Crippen LogP contribution in [0.5, 0.6) is 23.0 Å². The molecule has 0 saturated carbocycles. The van der Waals surface area contributed by atoms with Crippen molar-refractivity contribution in [2.24, 2.45) is 0 Å². The van der Waals surface area contributed by atoms with Gasteiger partial charge in [0.1, 0.15) is 11.3 Å². The Kier molecular flexibility index (Phi) is 7.40. The van der Waals surface area contributed by atoms with Crippen molar-refractivity contribution in [3.05, 3.63) is 106 Å². The molecule has 0 bridgehead atoms. The van der Waals surface area contributed by atoms with E-state index in [1.54, 1.807) is 25.1 Å². The van der Waals surface area contributed by atoms with Crippen LogP contribution in [-0.4, -0.2) is 6.61 Å². The maximum absolute atomic E-state index is 15.5. The van der Waals surface area contributed by atoms with E-state index in [9.17, 15) is 8.78 Å². The third-order valence-electron chi connectivity index (χ3n) is 6.57. The summed E-state index contributed by atoms with van der Waals surface area (Å²) in [5, 5.41) is 0. The Morgan fingerprint density at radius 1 is 0.800 bits per heavy atom. The molecule has 9 heteroatoms. The first-order valence-electron chi connectivity index (χ1n) is 12.7. The van der Waals surface area contributed by atoms with Crippen molar-refractivity contribution >= 4 is 0 Å². The summed E-state index contributed by atoms with van der Waals surface area (Å²) in [4.78, 5) is 0. The van der Waals surface area contributed by atoms with Crippen LogP contribution < -0.4 is 14.2 Å². The predicted octanol–water partition coefficient (Wildman–Crippen LogP) is 9.09. The number of hydrogen-bond donors (Lipinski definition) is 0. The van der Waals surface area contributed by atoms with Crippen LogP contribution in [-0.2, 0) is 19.0 Å². The number of aryl methyl sites for hydroxylation is 1. The average molecular weight is 559 g/mol. The molecule has 0 aliphatic carbocycles. The zero-order chi connectivity index (χ0) is 28.6. The summed E-state index contributed by atoms with van der Waals surface area (Å²) < 4.78 is 105. The third kappa shape index (κ3) is 5.08. The summed E-state index contributed by atoms with van der Waals surface area (Å²) in [6.45, 7) is 3.82. The molecule has 3 nitrogen and oxygen atoms in total. The highest BCUT2D eigenvalue weighted by atomic mass is 19.3. The van der Waals surface area contributed by atoms with Gasteiger partial charge in [0.05, 0.1) is 6.61 Å². The highest BCUT2D eigenvalue weighted by Gasteiger charge is 2.42. The zero-order valence-electron chi connectivity index (χ0n) is 21.6. The number of halogens is 6. The first-order valence-corrected chi connectivity index (χ1v) is 12.7. The van der Waals surface area contributed by atoms with Gasteiger partial charge in [-0.25, -0.2) is 13.2 Å². The molecule has 208 valence electrons. The summed E-state index contributed by atoms with van der Waals surface area (Å²) in [5.41, 5.74) is 0.597. The first-order chi connectivity index (χ1) is 19.1. The maximum Gasteiger partial charge on any atom is 0.429 e. The van der Waals surface area contributed by atoms with Gasteiger partial charge >= 0.3 is 6.11 Å². The summed E-state index contributed by atoms with van der Waals surface area (Å²) in [6.07, 6.45) is -2.74. The van der Waals surface area contributed by atoms with E-state index in [1.807, 2.05) is 19.1 Å². The van der Waals surface area contributed by atoms with Crippen LogP contribution in [0.3, 0.4) is 0 Å². The van der Waals surface area contributed by atoms with Gasteiger partial charge in [-0.1, -0.05) is 49.7 Å². The number of rotatable bonds is 8. The van der Waals surface area contributed by atoms with Gasteiger partial charge in [-0.2, -0.15) is 13.2 Å². The van der Waals surface area contributed by atoms with Crippen LogP contribution >= 0.6 is 0 Å². The number of hydrogen-bond acceptors (Lipinski definition) is 3. The highest BCUT2D eigenvalue weighted by molar-refractivity contribution is 5.69. The van der Waals surface area contributed by atoms with Gasteiger partial charge in [0.15, 0.2) is 34.7 Å². The standard InChI is InChI=1S/C31H24F6O3/c1-3-5-17-6-8-18(9-7-17)22-12-10-19-14-20-15-23(27(34)28(35)30(20)39-29(19)26(22)33)31(36,37)40-21-11-13-25(38-4-2)24(32)16-21/h6-13,15-16H,3-5,14H2,1-2H3. The molecule has 0 fully saturated rings. The molecule has 4 aromatic rings. The fraction of sp³-hybridized carbons (Fsp3) is 0.226. The SMILES string of the molecule is CCCc1ccc(-c2ccc3c(c2F)Oc2c(cc(C(F)(F)Oc4ccc(OCC)c(F)c4)c(F)c2F)C3)cc1. The third-order valence-corrected chi connectivity index (χ3v) is 6.57. The fourth-order valence-electron chi connectivity index (χ4n) is 4.65. The summed E-state index contributed by atoms with van der Waals surface area (Å²) in [6, 6.07) is 13.8. The van der Waals surface area contributed by atoms with Crippen LogP contribution in [0.4, 0.5) is 26.3 Å². The molecule has 0 atom stereocenters. The quantitative estimate of drug-likeness (QED) is 0.178. The average Bonchev–Trinajstić information content (AvgIpc) is 2.92. The van der Waals surface area contributed by atoms with Crippen molar-refractivity contribution in [2.45, 2.75) is 39.2 Å². The predicted molar refractivity (Wildman–Crippen MR) is 137 cm³/mol. The van der Waals surface area contributed by atoms with E-state index in [2.05, 4.69) is 4.74 Å². The molecular formula is C31H24F6O3. The van der Waals surface area contributed by atoms with Gasteiger partial charge in [0, 0.05) is 29.2 Å². The molecule has 4 aromatic carbocycles. The van der Waals surface area contributed by atoms with E-state index in [4.69, 9.17) is 9.47 Å². The van der Waals surface area contributed by atoms with E-state index < -0.39 is 46.4 Å². The van der Waals surface area contributed by atoms with Gasteiger partial charge < -0.3 is 14.2 Å². The van der Waals surface area contributed by atoms with Crippen molar-refractivity contribution in [3.8, 4) is 34.1 Å². The minimum Gasteiger partial charge on any atom is -0.491 e. The Hall–Kier alpha value is -4.14. The van der Waals surface area contributed by atoms with Crippen LogP contribution in [0.2, 0.25) is 0 Å². The zero-order valence-corrected chi connectivity index (χ0v) is 21.6. The largest absolute Gasteiger partial charge is 0.491 e. The van der Waals surface area contributed by atoms with Gasteiger partial charge in [-0.15, -0.1) is 0 Å². The Labute approximate surface area is 226 Å². The van der Waals surface area contributed by atoms with Gasteiger partial charge in [-0.05, 0) is 42.7 Å². The van der Waals surface area contributed by atoms with E-state index in [1.165, 1.54) is 6.07 Å². The molecule has 0 amide bonds. The Balaban J connectivity index is 1.45. The lowest BCUT2D eigenvalue weighted by Gasteiger charge is -2.25. The second kappa shape index (κ2) is 10.8. The van der Waals surface area contributed by atoms with Crippen LogP contribution in [0.1, 0.15) is 42.5 Å². The topological polar surface area (TPSA) is 27.7 Å². The van der Waals surface area contributed by atoms with Crippen molar-refractivity contribution in [1.82, 2.24) is 0 Å². The van der Waals surface area contributed by atoms with E-state index in [0.29, 0.717) is 17.7 Å². The van der Waals surface area contributed by atoms with E-state index >= 15 is 17.6 Å². The molecule has 5 rings (SSSR count). The van der Waals surface area contributed by atoms with Gasteiger partial charge in [0.25, 0.3) is 0 Å². The van der Waals surface area contributed by atoms with Gasteiger partial charge in [-0.3, -0.25) is 0 Å². The molecule has 0 N–H and O–H groups in total. The number of benzene rings is 4. The lowest BCUT2D eigenvalue weighted by atomic mass is 9.94. The van der Waals surface area contributed by atoms with Gasteiger partial charge in [0.2, 0.25) is 5.82 Å². The van der Waals surface area contributed by atoms with Crippen LogP contribution in [0, 0.1) is 23.3 Å². The molecule has 0 aromatic heterocycles. The molecule has 1 heterocycles. The van der Waals surface area contributed by atoms with Crippen LogP contribution in [0.15, 0.2) is 60.7 Å². The second-order valence-electron chi connectivity index (χ2n) is 9.33. The normalized spacial score (nSPS) is 12.4. The second-order valence-corrected chi connectivity index (χ2v) is 9.33. The minimum atomic E-state index is -4.38.